The van der Waals surface area contributed by atoms with Gasteiger partial charge in [0.1, 0.15) is 0 Å². The minimum Gasteiger partial charge on any atom is -0.465 e. The maximum absolute atomic E-state index is 11.1. The Hall–Kier alpha value is -2.11. The maximum Gasteiger partial charge on any atom is 0.407 e. The average Bonchev–Trinajstić information content (AvgIpc) is 2.59. The van der Waals surface area contributed by atoms with Crippen molar-refractivity contribution in [3.63, 3.8) is 0 Å². The number of benzene rings is 2. The van der Waals surface area contributed by atoms with Crippen molar-refractivity contribution >= 4 is 24.8 Å². The first-order chi connectivity index (χ1) is 11.8. The minimum absolute atomic E-state index is 0.0997. The van der Waals surface area contributed by atoms with E-state index in [4.69, 9.17) is 9.53 Å². The van der Waals surface area contributed by atoms with Gasteiger partial charge in [0.15, 0.2) is 0 Å². The molecule has 25 heavy (non-hydrogen) atoms. The first-order valence-electron chi connectivity index (χ1n) is 8.48. The van der Waals surface area contributed by atoms with Crippen molar-refractivity contribution in [3.05, 3.63) is 60.7 Å². The fourth-order valence-corrected chi connectivity index (χ4v) is 7.75. The molecule has 0 saturated carbocycles. The first-order valence-corrected chi connectivity index (χ1v) is 10.4. The Kier molecular flexibility index (Phi) is 6.03. The first kappa shape index (κ1) is 19.2. The number of hydrogen-bond acceptors (Lipinski definition) is 2. The summed E-state index contributed by atoms with van der Waals surface area (Å²) in [4.78, 5) is 12.3. The van der Waals surface area contributed by atoms with Crippen LogP contribution < -0.4 is 10.4 Å². The molecular formula is C20H27NO3Si. The van der Waals surface area contributed by atoms with Gasteiger partial charge in [0, 0.05) is 13.6 Å². The van der Waals surface area contributed by atoms with Crippen molar-refractivity contribution in [2.24, 2.45) is 0 Å². The Balaban J connectivity index is 2.47. The third-order valence-corrected chi connectivity index (χ3v) is 9.53. The summed E-state index contributed by atoms with van der Waals surface area (Å²) >= 11 is 0. The van der Waals surface area contributed by atoms with Crippen LogP contribution in [0.5, 0.6) is 0 Å². The smallest absolute Gasteiger partial charge is 0.407 e. The number of carbonyl (C=O) groups is 1. The predicted molar refractivity (Wildman–Crippen MR) is 104 cm³/mol. The Morgan fingerprint density at radius 2 is 1.44 bits per heavy atom. The van der Waals surface area contributed by atoms with Crippen molar-refractivity contribution in [2.45, 2.75) is 25.8 Å². The second-order valence-corrected chi connectivity index (χ2v) is 11.5. The highest BCUT2D eigenvalue weighted by atomic mass is 28.4. The van der Waals surface area contributed by atoms with Crippen molar-refractivity contribution in [3.8, 4) is 0 Å². The Morgan fingerprint density at radius 3 is 1.80 bits per heavy atom. The number of rotatable bonds is 6. The van der Waals surface area contributed by atoms with Crippen LogP contribution >= 0.6 is 0 Å². The topological polar surface area (TPSA) is 49.8 Å². The molecule has 0 aromatic heterocycles. The molecule has 0 bridgehead atoms. The highest BCUT2D eigenvalue weighted by molar-refractivity contribution is 6.99. The van der Waals surface area contributed by atoms with Crippen LogP contribution in [0.2, 0.25) is 5.04 Å². The Labute approximate surface area is 151 Å². The third kappa shape index (κ3) is 4.11. The maximum atomic E-state index is 11.1. The van der Waals surface area contributed by atoms with Gasteiger partial charge in [-0.15, -0.1) is 0 Å². The molecule has 0 fully saturated rings. The van der Waals surface area contributed by atoms with Crippen LogP contribution in [0.1, 0.15) is 20.8 Å². The fraction of sp³-hybridized carbons (Fsp3) is 0.350. The lowest BCUT2D eigenvalue weighted by Gasteiger charge is -2.43. The predicted octanol–water partition coefficient (Wildman–Crippen LogP) is 3.17. The number of hydrogen-bond donors (Lipinski definition) is 1. The molecule has 5 heteroatoms. The molecule has 0 spiro atoms. The molecule has 0 aliphatic carbocycles. The number of amides is 1. The van der Waals surface area contributed by atoms with Crippen LogP contribution in [-0.4, -0.2) is 44.6 Å². The molecule has 0 unspecified atom stereocenters. The lowest BCUT2D eigenvalue weighted by molar-refractivity contribution is 0.146. The summed E-state index contributed by atoms with van der Waals surface area (Å²) in [5, 5.41) is 11.4. The van der Waals surface area contributed by atoms with Gasteiger partial charge >= 0.3 is 6.09 Å². The van der Waals surface area contributed by atoms with E-state index >= 15 is 0 Å². The second-order valence-electron chi connectivity index (χ2n) is 7.22. The lowest BCUT2D eigenvalue weighted by atomic mass is 10.2. The van der Waals surface area contributed by atoms with Crippen LogP contribution in [0.15, 0.2) is 60.7 Å². The molecule has 0 radical (unpaired) electrons. The van der Waals surface area contributed by atoms with Gasteiger partial charge in [0.2, 0.25) is 0 Å². The number of likely N-dealkylation sites (N-methyl/N-ethyl adjacent to an activating group) is 1. The summed E-state index contributed by atoms with van der Waals surface area (Å²) in [6.07, 6.45) is -0.939. The van der Waals surface area contributed by atoms with Crippen LogP contribution in [0.4, 0.5) is 4.79 Å². The standard InChI is InChI=1S/C20H27NO3Si/c1-20(2,3)25(17-11-7-5-8-12-17,18-13-9-6-10-14-18)24-16-15-21(4)19(22)23/h5-14H,15-16H2,1-4H3,(H,22,23). The van der Waals surface area contributed by atoms with Crippen LogP contribution in [-0.2, 0) is 4.43 Å². The molecule has 1 N–H and O–H groups in total. The van der Waals surface area contributed by atoms with Gasteiger partial charge in [-0.05, 0) is 15.4 Å². The summed E-state index contributed by atoms with van der Waals surface area (Å²) in [7, 11) is -1.00. The normalized spacial score (nSPS) is 12.0. The van der Waals surface area contributed by atoms with E-state index in [2.05, 4.69) is 45.0 Å². The van der Waals surface area contributed by atoms with E-state index in [9.17, 15) is 4.79 Å². The van der Waals surface area contributed by atoms with Crippen molar-refractivity contribution in [1.82, 2.24) is 4.90 Å². The molecule has 0 aliphatic heterocycles. The van der Waals surface area contributed by atoms with E-state index < -0.39 is 14.4 Å². The third-order valence-electron chi connectivity index (χ3n) is 4.49. The molecular weight excluding hydrogens is 330 g/mol. The lowest BCUT2D eigenvalue weighted by Crippen LogP contribution is -2.67. The van der Waals surface area contributed by atoms with Gasteiger partial charge in [-0.2, -0.15) is 0 Å². The monoisotopic (exact) mass is 357 g/mol. The molecule has 2 aromatic carbocycles. The SMILES string of the molecule is CN(CCO[Si](c1ccccc1)(c1ccccc1)C(C)(C)C)C(=O)O. The highest BCUT2D eigenvalue weighted by Crippen LogP contribution is 2.36. The van der Waals surface area contributed by atoms with E-state index in [1.807, 2.05) is 36.4 Å². The van der Waals surface area contributed by atoms with Gasteiger partial charge in [-0.3, -0.25) is 0 Å². The van der Waals surface area contributed by atoms with Crippen LogP contribution in [0.3, 0.4) is 0 Å². The molecule has 0 atom stereocenters. The molecule has 4 nitrogen and oxygen atoms in total. The zero-order valence-electron chi connectivity index (χ0n) is 15.4. The molecule has 0 aliphatic rings. The van der Waals surface area contributed by atoms with E-state index in [1.165, 1.54) is 15.3 Å². The molecule has 0 saturated heterocycles. The van der Waals surface area contributed by atoms with Crippen LogP contribution in [0, 0.1) is 0 Å². The average molecular weight is 358 g/mol. The number of nitrogens with zero attached hydrogens (tertiary/aromatic N) is 1. The van der Waals surface area contributed by atoms with E-state index in [0.717, 1.165) is 0 Å². The summed E-state index contributed by atoms with van der Waals surface area (Å²) < 4.78 is 6.62. The molecule has 134 valence electrons. The van der Waals surface area contributed by atoms with Gasteiger partial charge in [0.05, 0.1) is 6.61 Å². The van der Waals surface area contributed by atoms with Gasteiger partial charge in [-0.25, -0.2) is 4.79 Å². The van der Waals surface area contributed by atoms with Gasteiger partial charge < -0.3 is 14.4 Å². The summed E-state index contributed by atoms with van der Waals surface area (Å²) in [5.41, 5.74) is 0. The molecule has 2 aromatic rings. The van der Waals surface area contributed by atoms with Gasteiger partial charge in [-0.1, -0.05) is 81.4 Å². The molecule has 0 heterocycles. The van der Waals surface area contributed by atoms with E-state index in [1.54, 1.807) is 7.05 Å². The largest absolute Gasteiger partial charge is 0.465 e. The van der Waals surface area contributed by atoms with Crippen molar-refractivity contribution in [2.75, 3.05) is 20.2 Å². The zero-order valence-corrected chi connectivity index (χ0v) is 16.4. The fourth-order valence-electron chi connectivity index (χ4n) is 3.19. The van der Waals surface area contributed by atoms with Crippen molar-refractivity contribution in [1.29, 1.82) is 0 Å². The summed E-state index contributed by atoms with van der Waals surface area (Å²) in [6, 6.07) is 20.7. The summed E-state index contributed by atoms with van der Waals surface area (Å²) in [6.45, 7) is 7.34. The molecule has 2 rings (SSSR count). The van der Waals surface area contributed by atoms with E-state index in [0.29, 0.717) is 13.2 Å². The Bertz CT molecular complexity index is 644. The zero-order chi connectivity index (χ0) is 18.5. The molecule has 1 amide bonds. The van der Waals surface area contributed by atoms with E-state index in [-0.39, 0.29) is 5.04 Å². The quantitative estimate of drug-likeness (QED) is 0.808. The minimum atomic E-state index is -2.57. The number of carboxylic acid groups (broad SMARTS) is 1. The van der Waals surface area contributed by atoms with Gasteiger partial charge in [0.25, 0.3) is 8.32 Å². The summed E-state index contributed by atoms with van der Waals surface area (Å²) in [5.74, 6) is 0. The van der Waals surface area contributed by atoms with Crippen LogP contribution in [0.25, 0.3) is 0 Å². The Morgan fingerprint density at radius 1 is 1.00 bits per heavy atom. The highest BCUT2D eigenvalue weighted by Gasteiger charge is 2.50. The van der Waals surface area contributed by atoms with Crippen molar-refractivity contribution < 1.29 is 14.3 Å². The second kappa shape index (κ2) is 7.85.